The van der Waals surface area contributed by atoms with E-state index in [4.69, 9.17) is 10.0 Å². The van der Waals surface area contributed by atoms with Crippen LogP contribution in [0.1, 0.15) is 0 Å². The van der Waals surface area contributed by atoms with Crippen LogP contribution in [0, 0.1) is 0 Å². The summed E-state index contributed by atoms with van der Waals surface area (Å²) in [7, 11) is -1.43. The normalized spacial score (nSPS) is 15.6. The molecule has 9 heavy (non-hydrogen) atoms. The molecule has 0 saturated carbocycles. The van der Waals surface area contributed by atoms with Gasteiger partial charge in [0.25, 0.3) is 0 Å². The molecule has 1 rings (SSSR count). The number of nitrogens with one attached hydrogen (secondary N) is 2. The molecule has 0 unspecified atom stereocenters. The van der Waals surface area contributed by atoms with Crippen LogP contribution in [0.4, 0.5) is 0 Å². The molecule has 0 aliphatic carbocycles. The molecule has 1 aliphatic heterocycles. The van der Waals surface area contributed by atoms with Crippen molar-refractivity contribution < 1.29 is 10.0 Å². The lowest BCUT2D eigenvalue weighted by Gasteiger charge is -2.11. The summed E-state index contributed by atoms with van der Waals surface area (Å²) < 4.78 is 0. The summed E-state index contributed by atoms with van der Waals surface area (Å²) in [5, 5.41) is 17.1. The van der Waals surface area contributed by atoms with Crippen molar-refractivity contribution in [2.45, 2.75) is 0 Å². The molecule has 0 fully saturated rings. The summed E-state index contributed by atoms with van der Waals surface area (Å²) in [6.07, 6.45) is 4.89. The minimum Gasteiger partial charge on any atom is -0.422 e. The summed E-state index contributed by atoms with van der Waals surface area (Å²) in [6, 6.07) is 0. The van der Waals surface area contributed by atoms with Gasteiger partial charge in [0.2, 0.25) is 0 Å². The van der Waals surface area contributed by atoms with Crippen LogP contribution < -0.4 is 10.9 Å². The van der Waals surface area contributed by atoms with E-state index in [1.54, 1.807) is 18.4 Å². The van der Waals surface area contributed by atoms with Crippen molar-refractivity contribution in [3.8, 4) is 0 Å². The molecule has 0 spiro atoms. The average Bonchev–Trinajstić information content (AvgIpc) is 1.90. The van der Waals surface area contributed by atoms with Crippen LogP contribution >= 0.6 is 0 Å². The minimum absolute atomic E-state index is 0.345. The molecule has 4 nitrogen and oxygen atoms in total. The first-order valence-corrected chi connectivity index (χ1v) is 2.55. The van der Waals surface area contributed by atoms with Crippen LogP contribution in [-0.4, -0.2) is 17.2 Å². The van der Waals surface area contributed by atoms with E-state index in [0.29, 0.717) is 5.60 Å². The summed E-state index contributed by atoms with van der Waals surface area (Å²) in [6.45, 7) is 0. The van der Waals surface area contributed by atoms with E-state index in [-0.39, 0.29) is 0 Å². The van der Waals surface area contributed by atoms with Crippen molar-refractivity contribution in [3.63, 3.8) is 0 Å². The summed E-state index contributed by atoms with van der Waals surface area (Å²) in [5.41, 5.74) is 5.49. The zero-order valence-electron chi connectivity index (χ0n) is 4.70. The van der Waals surface area contributed by atoms with Crippen molar-refractivity contribution in [1.82, 2.24) is 10.9 Å². The highest BCUT2D eigenvalue weighted by atomic mass is 16.4. The molecule has 0 bridgehead atoms. The first kappa shape index (κ1) is 6.19. The molecule has 0 radical (unpaired) electrons. The van der Waals surface area contributed by atoms with E-state index >= 15 is 0 Å². The Kier molecular flexibility index (Phi) is 1.76. The van der Waals surface area contributed by atoms with Crippen molar-refractivity contribution in [3.05, 3.63) is 23.9 Å². The van der Waals surface area contributed by atoms with E-state index in [9.17, 15) is 0 Å². The zero-order chi connectivity index (χ0) is 6.69. The summed E-state index contributed by atoms with van der Waals surface area (Å²) in [4.78, 5) is 0. The first-order valence-electron chi connectivity index (χ1n) is 2.55. The van der Waals surface area contributed by atoms with Gasteiger partial charge < -0.3 is 20.9 Å². The lowest BCUT2D eigenvalue weighted by atomic mass is 9.85. The van der Waals surface area contributed by atoms with Gasteiger partial charge in [0.1, 0.15) is 0 Å². The fourth-order valence-electron chi connectivity index (χ4n) is 0.517. The van der Waals surface area contributed by atoms with Crippen LogP contribution in [0.15, 0.2) is 23.9 Å². The highest BCUT2D eigenvalue weighted by Crippen LogP contribution is 1.92. The quantitative estimate of drug-likeness (QED) is 0.323. The summed E-state index contributed by atoms with van der Waals surface area (Å²) >= 11 is 0. The van der Waals surface area contributed by atoms with Gasteiger partial charge in [0.15, 0.2) is 0 Å². The highest BCUT2D eigenvalue weighted by Gasteiger charge is 2.13. The summed E-state index contributed by atoms with van der Waals surface area (Å²) in [5.74, 6) is 0. The van der Waals surface area contributed by atoms with Gasteiger partial charge >= 0.3 is 7.12 Å². The van der Waals surface area contributed by atoms with Crippen LogP contribution in [0.2, 0.25) is 0 Å². The molecular weight excluding hydrogens is 119 g/mol. The van der Waals surface area contributed by atoms with E-state index < -0.39 is 7.12 Å². The molecule has 0 aromatic heterocycles. The fourth-order valence-corrected chi connectivity index (χ4v) is 0.517. The maximum Gasteiger partial charge on any atom is 0.507 e. The monoisotopic (exact) mass is 126 g/mol. The predicted molar refractivity (Wildman–Crippen MR) is 33.7 cm³/mol. The maximum atomic E-state index is 8.53. The zero-order valence-corrected chi connectivity index (χ0v) is 4.70. The highest BCUT2D eigenvalue weighted by molar-refractivity contribution is 6.50. The topological polar surface area (TPSA) is 64.5 Å². The molecule has 4 N–H and O–H groups in total. The molecule has 48 valence electrons. The molecule has 0 saturated heterocycles. The molecule has 0 aromatic carbocycles. The Morgan fingerprint density at radius 2 is 2.22 bits per heavy atom. The second-order valence-corrected chi connectivity index (χ2v) is 1.62. The molecular formula is C4H7BN2O2. The van der Waals surface area contributed by atoms with Gasteiger partial charge in [-0.1, -0.05) is 0 Å². The second-order valence-electron chi connectivity index (χ2n) is 1.62. The molecule has 5 heteroatoms. The standard InChI is InChI=1S/C4H7BN2O2/c8-5(9)4-2-1-3-6-7-4/h1-3,6-9H. The van der Waals surface area contributed by atoms with E-state index in [0.717, 1.165) is 0 Å². The Morgan fingerprint density at radius 3 is 2.56 bits per heavy atom. The van der Waals surface area contributed by atoms with Crippen LogP contribution in [0.25, 0.3) is 0 Å². The number of hydrogen-bond acceptors (Lipinski definition) is 4. The number of rotatable bonds is 1. The third-order valence-electron chi connectivity index (χ3n) is 0.950. The van der Waals surface area contributed by atoms with Gasteiger partial charge in [-0.2, -0.15) is 0 Å². The Bertz CT molecular complexity index is 155. The molecule has 1 heterocycles. The maximum absolute atomic E-state index is 8.53. The third kappa shape index (κ3) is 1.48. The van der Waals surface area contributed by atoms with Crippen molar-refractivity contribution in [2.24, 2.45) is 0 Å². The van der Waals surface area contributed by atoms with Gasteiger partial charge in [-0.25, -0.2) is 0 Å². The van der Waals surface area contributed by atoms with Crippen LogP contribution in [0.3, 0.4) is 0 Å². The third-order valence-corrected chi connectivity index (χ3v) is 0.950. The molecule has 0 amide bonds. The number of hydrogen-bond donors (Lipinski definition) is 4. The Morgan fingerprint density at radius 1 is 1.44 bits per heavy atom. The molecule has 0 aromatic rings. The second kappa shape index (κ2) is 2.57. The SMILES string of the molecule is OB(O)C1=CC=CNN1. The van der Waals surface area contributed by atoms with E-state index in [2.05, 4.69) is 10.9 Å². The number of hydrazine groups is 1. The Balaban J connectivity index is 2.57. The number of allylic oxidation sites excluding steroid dienone is 2. The van der Waals surface area contributed by atoms with Crippen molar-refractivity contribution >= 4 is 7.12 Å². The van der Waals surface area contributed by atoms with E-state index in [1.165, 1.54) is 0 Å². The predicted octanol–water partition coefficient (Wildman–Crippen LogP) is -1.50. The smallest absolute Gasteiger partial charge is 0.422 e. The van der Waals surface area contributed by atoms with E-state index in [1.807, 2.05) is 0 Å². The van der Waals surface area contributed by atoms with Crippen molar-refractivity contribution in [1.29, 1.82) is 0 Å². The van der Waals surface area contributed by atoms with Gasteiger partial charge in [0, 0.05) is 6.20 Å². The Labute approximate surface area is 53.0 Å². The van der Waals surface area contributed by atoms with Gasteiger partial charge in [0.05, 0.1) is 5.60 Å². The van der Waals surface area contributed by atoms with Gasteiger partial charge in [-0.05, 0) is 12.2 Å². The van der Waals surface area contributed by atoms with Crippen LogP contribution in [0.5, 0.6) is 0 Å². The average molecular weight is 126 g/mol. The van der Waals surface area contributed by atoms with Gasteiger partial charge in [-0.15, -0.1) is 0 Å². The van der Waals surface area contributed by atoms with Crippen LogP contribution in [-0.2, 0) is 0 Å². The first-order chi connectivity index (χ1) is 4.30. The lowest BCUT2D eigenvalue weighted by Crippen LogP contribution is -2.36. The Hall–Kier alpha value is -0.935. The molecule has 0 atom stereocenters. The lowest BCUT2D eigenvalue weighted by molar-refractivity contribution is 0.411. The molecule has 1 aliphatic rings. The fraction of sp³-hybridized carbons (Fsp3) is 0. The van der Waals surface area contributed by atoms with Crippen molar-refractivity contribution in [2.75, 3.05) is 0 Å². The minimum atomic E-state index is -1.43. The largest absolute Gasteiger partial charge is 0.507 e. The van der Waals surface area contributed by atoms with Gasteiger partial charge in [-0.3, -0.25) is 0 Å².